The standard InChI is InChI=1S/C14H14N6O2/c1-9-7-12(20-22-9)17-13-8-15-19-14(18-13)16-10-5-3-4-6-11(10)21-2/h3-8H,1-2H3,(H2,16,17,18,19,20). The first-order chi connectivity index (χ1) is 10.7. The van der Waals surface area contributed by atoms with E-state index in [4.69, 9.17) is 9.26 Å². The minimum atomic E-state index is 0.342. The Morgan fingerprint density at radius 2 is 2.00 bits per heavy atom. The maximum absolute atomic E-state index is 5.27. The summed E-state index contributed by atoms with van der Waals surface area (Å²) in [4.78, 5) is 4.31. The lowest BCUT2D eigenvalue weighted by molar-refractivity contribution is 0.400. The molecule has 0 radical (unpaired) electrons. The van der Waals surface area contributed by atoms with Crippen molar-refractivity contribution < 1.29 is 9.26 Å². The molecule has 0 saturated heterocycles. The van der Waals surface area contributed by atoms with E-state index >= 15 is 0 Å². The predicted octanol–water partition coefficient (Wildman–Crippen LogP) is 2.66. The van der Waals surface area contributed by atoms with Gasteiger partial charge in [0.2, 0.25) is 5.95 Å². The van der Waals surface area contributed by atoms with Crippen molar-refractivity contribution >= 4 is 23.3 Å². The number of nitrogens with zero attached hydrogens (tertiary/aromatic N) is 4. The summed E-state index contributed by atoms with van der Waals surface area (Å²) in [6, 6.07) is 9.24. The van der Waals surface area contributed by atoms with Crippen LogP contribution < -0.4 is 15.4 Å². The Morgan fingerprint density at radius 1 is 1.14 bits per heavy atom. The van der Waals surface area contributed by atoms with Gasteiger partial charge in [-0.3, -0.25) is 0 Å². The Labute approximate surface area is 126 Å². The van der Waals surface area contributed by atoms with Gasteiger partial charge in [-0.15, -0.1) is 5.10 Å². The number of methoxy groups -OCH3 is 1. The van der Waals surface area contributed by atoms with Crippen molar-refractivity contribution in [1.29, 1.82) is 0 Å². The van der Waals surface area contributed by atoms with Gasteiger partial charge in [-0.25, -0.2) is 0 Å². The third kappa shape index (κ3) is 3.11. The number of anilines is 4. The van der Waals surface area contributed by atoms with Gasteiger partial charge in [0.1, 0.15) is 11.5 Å². The summed E-state index contributed by atoms with van der Waals surface area (Å²) in [5, 5.41) is 17.7. The quantitative estimate of drug-likeness (QED) is 0.742. The molecule has 0 unspecified atom stereocenters. The van der Waals surface area contributed by atoms with Gasteiger partial charge in [0.25, 0.3) is 0 Å². The van der Waals surface area contributed by atoms with Gasteiger partial charge in [-0.05, 0) is 19.1 Å². The van der Waals surface area contributed by atoms with E-state index in [0.717, 1.165) is 5.69 Å². The van der Waals surface area contributed by atoms with Crippen molar-refractivity contribution in [3.05, 3.63) is 42.3 Å². The largest absolute Gasteiger partial charge is 0.495 e. The highest BCUT2D eigenvalue weighted by molar-refractivity contribution is 5.63. The van der Waals surface area contributed by atoms with Gasteiger partial charge in [-0.1, -0.05) is 17.3 Å². The number of rotatable bonds is 5. The molecule has 3 aromatic rings. The molecule has 0 atom stereocenters. The Hall–Kier alpha value is -3.16. The lowest BCUT2D eigenvalue weighted by Crippen LogP contribution is -2.03. The molecule has 0 aliphatic rings. The highest BCUT2D eigenvalue weighted by atomic mass is 16.5. The van der Waals surface area contributed by atoms with E-state index in [0.29, 0.717) is 29.1 Å². The number of para-hydroxylation sites is 2. The van der Waals surface area contributed by atoms with Gasteiger partial charge in [0.15, 0.2) is 11.6 Å². The molecule has 0 aliphatic carbocycles. The number of nitrogens with one attached hydrogen (secondary N) is 2. The SMILES string of the molecule is COc1ccccc1Nc1nncc(Nc2cc(C)on2)n1. The number of aromatic nitrogens is 4. The Bertz CT molecular complexity index is 773. The summed E-state index contributed by atoms with van der Waals surface area (Å²) >= 11 is 0. The van der Waals surface area contributed by atoms with E-state index in [2.05, 4.69) is 31.0 Å². The molecule has 112 valence electrons. The summed E-state index contributed by atoms with van der Waals surface area (Å²) in [5.74, 6) is 2.80. The number of hydrogen-bond donors (Lipinski definition) is 2. The smallest absolute Gasteiger partial charge is 0.249 e. The van der Waals surface area contributed by atoms with Crippen LogP contribution in [0.1, 0.15) is 5.76 Å². The summed E-state index contributed by atoms with van der Waals surface area (Å²) in [7, 11) is 1.60. The first kappa shape index (κ1) is 13.8. The van der Waals surface area contributed by atoms with E-state index in [9.17, 15) is 0 Å². The van der Waals surface area contributed by atoms with Crippen molar-refractivity contribution in [2.45, 2.75) is 6.92 Å². The molecule has 0 spiro atoms. The van der Waals surface area contributed by atoms with Gasteiger partial charge < -0.3 is 19.9 Å². The molecule has 8 heteroatoms. The fourth-order valence-electron chi connectivity index (χ4n) is 1.84. The van der Waals surface area contributed by atoms with E-state index in [-0.39, 0.29) is 0 Å². The van der Waals surface area contributed by atoms with Crippen molar-refractivity contribution in [1.82, 2.24) is 20.3 Å². The highest BCUT2D eigenvalue weighted by Gasteiger charge is 2.07. The molecule has 2 heterocycles. The maximum Gasteiger partial charge on any atom is 0.249 e. The zero-order valence-corrected chi connectivity index (χ0v) is 12.1. The summed E-state index contributed by atoms with van der Waals surface area (Å²) < 4.78 is 10.3. The molecule has 22 heavy (non-hydrogen) atoms. The minimum Gasteiger partial charge on any atom is -0.495 e. The van der Waals surface area contributed by atoms with Crippen molar-refractivity contribution in [3.8, 4) is 5.75 Å². The van der Waals surface area contributed by atoms with Crippen LogP contribution in [0, 0.1) is 6.92 Å². The zero-order valence-electron chi connectivity index (χ0n) is 12.1. The molecule has 0 fully saturated rings. The summed E-state index contributed by atoms with van der Waals surface area (Å²) in [6.07, 6.45) is 1.50. The van der Waals surface area contributed by atoms with Crippen LogP contribution >= 0.6 is 0 Å². The van der Waals surface area contributed by atoms with Gasteiger partial charge in [-0.2, -0.15) is 10.1 Å². The van der Waals surface area contributed by atoms with Crippen LogP contribution in [0.2, 0.25) is 0 Å². The Balaban J connectivity index is 1.79. The van der Waals surface area contributed by atoms with Crippen LogP contribution in [0.5, 0.6) is 5.75 Å². The second-order valence-corrected chi connectivity index (χ2v) is 4.44. The number of benzene rings is 1. The molecule has 0 amide bonds. The van der Waals surface area contributed by atoms with Crippen LogP contribution in [-0.4, -0.2) is 27.4 Å². The average molecular weight is 298 g/mol. The van der Waals surface area contributed by atoms with Crippen molar-refractivity contribution in [3.63, 3.8) is 0 Å². The van der Waals surface area contributed by atoms with Gasteiger partial charge >= 0.3 is 0 Å². The summed E-state index contributed by atoms with van der Waals surface area (Å²) in [6.45, 7) is 1.81. The molecule has 0 bridgehead atoms. The normalized spacial score (nSPS) is 10.3. The number of hydrogen-bond acceptors (Lipinski definition) is 8. The predicted molar refractivity (Wildman–Crippen MR) is 80.6 cm³/mol. The first-order valence-corrected chi connectivity index (χ1v) is 6.55. The molecule has 1 aromatic carbocycles. The molecular formula is C14H14N6O2. The minimum absolute atomic E-state index is 0.342. The zero-order chi connectivity index (χ0) is 15.4. The topological polar surface area (TPSA) is 98.0 Å². The monoisotopic (exact) mass is 298 g/mol. The van der Waals surface area contributed by atoms with Crippen LogP contribution in [0.4, 0.5) is 23.3 Å². The van der Waals surface area contributed by atoms with Crippen LogP contribution in [0.15, 0.2) is 41.1 Å². The summed E-state index contributed by atoms with van der Waals surface area (Å²) in [5.41, 5.74) is 0.751. The third-order valence-corrected chi connectivity index (χ3v) is 2.80. The molecule has 3 rings (SSSR count). The van der Waals surface area contributed by atoms with E-state index < -0.39 is 0 Å². The van der Waals surface area contributed by atoms with E-state index in [1.54, 1.807) is 13.2 Å². The number of aryl methyl sites for hydroxylation is 1. The second kappa shape index (κ2) is 6.08. The molecule has 2 aromatic heterocycles. The first-order valence-electron chi connectivity index (χ1n) is 6.55. The van der Waals surface area contributed by atoms with Gasteiger partial charge in [0.05, 0.1) is 19.0 Å². The van der Waals surface area contributed by atoms with Crippen LogP contribution in [-0.2, 0) is 0 Å². The second-order valence-electron chi connectivity index (χ2n) is 4.44. The molecule has 0 aliphatic heterocycles. The Morgan fingerprint density at radius 3 is 2.77 bits per heavy atom. The molecule has 2 N–H and O–H groups in total. The average Bonchev–Trinajstić information content (AvgIpc) is 2.93. The number of ether oxygens (including phenoxy) is 1. The molecule has 8 nitrogen and oxygen atoms in total. The van der Waals surface area contributed by atoms with Gasteiger partial charge in [0, 0.05) is 6.07 Å². The van der Waals surface area contributed by atoms with Crippen molar-refractivity contribution in [2.75, 3.05) is 17.7 Å². The fraction of sp³-hybridized carbons (Fsp3) is 0.143. The van der Waals surface area contributed by atoms with E-state index in [1.165, 1.54) is 6.20 Å². The fourth-order valence-corrected chi connectivity index (χ4v) is 1.84. The van der Waals surface area contributed by atoms with Crippen LogP contribution in [0.3, 0.4) is 0 Å². The van der Waals surface area contributed by atoms with E-state index in [1.807, 2.05) is 31.2 Å². The van der Waals surface area contributed by atoms with Crippen molar-refractivity contribution in [2.24, 2.45) is 0 Å². The third-order valence-electron chi connectivity index (χ3n) is 2.80. The molecular weight excluding hydrogens is 284 g/mol. The highest BCUT2D eigenvalue weighted by Crippen LogP contribution is 2.25. The lowest BCUT2D eigenvalue weighted by Gasteiger charge is -2.09. The molecule has 0 saturated carbocycles. The van der Waals surface area contributed by atoms with Crippen LogP contribution in [0.25, 0.3) is 0 Å². The maximum atomic E-state index is 5.27. The lowest BCUT2D eigenvalue weighted by atomic mass is 10.3. The Kier molecular flexibility index (Phi) is 3.82.